The Kier molecular flexibility index (Phi) is 5.89. The molecule has 3 heteroatoms. The Bertz CT molecular complexity index is 247. The van der Waals surface area contributed by atoms with Gasteiger partial charge in [0.2, 0.25) is 0 Å². The third-order valence-corrected chi connectivity index (χ3v) is 5.80. The number of hydrogen-bond donors (Lipinski definition) is 0. The van der Waals surface area contributed by atoms with E-state index in [1.807, 2.05) is 0 Å². The van der Waals surface area contributed by atoms with Crippen LogP contribution >= 0.6 is 0 Å². The van der Waals surface area contributed by atoms with E-state index in [-0.39, 0.29) is 29.5 Å². The van der Waals surface area contributed by atoms with Crippen LogP contribution in [0.3, 0.4) is 0 Å². The maximum absolute atomic E-state index is 2.31. The first-order chi connectivity index (χ1) is 5.45. The van der Waals surface area contributed by atoms with E-state index in [1.165, 1.54) is 12.8 Å². The Morgan fingerprint density at radius 2 is 1.31 bits per heavy atom. The minimum atomic E-state index is -0.282. The zero-order valence-corrected chi connectivity index (χ0v) is 10.1. The van der Waals surface area contributed by atoms with Gasteiger partial charge in [-0.25, -0.2) is 0 Å². The fourth-order valence-corrected chi connectivity index (χ4v) is 4.73. The van der Waals surface area contributed by atoms with Gasteiger partial charge in [-0.3, -0.25) is 0 Å². The van der Waals surface area contributed by atoms with Crippen molar-refractivity contribution in [2.75, 3.05) is 0 Å². The summed E-state index contributed by atoms with van der Waals surface area (Å²) in [5, 5.41) is 0. The van der Waals surface area contributed by atoms with Crippen LogP contribution in [-0.2, 0) is 18.6 Å². The van der Waals surface area contributed by atoms with E-state index in [0.29, 0.717) is 0 Å². The van der Waals surface area contributed by atoms with Crippen LogP contribution in [0.5, 0.6) is 0 Å². The summed E-state index contributed by atoms with van der Waals surface area (Å²) in [4.78, 5) is 0. The van der Waals surface area contributed by atoms with Gasteiger partial charge in [-0.15, -0.1) is 0 Å². The van der Waals surface area contributed by atoms with Crippen LogP contribution in [0.2, 0.25) is 0 Å². The molecule has 0 fully saturated rings. The summed E-state index contributed by atoms with van der Waals surface area (Å²) in [7, 11) is 0. The molecule has 0 spiro atoms. The normalized spacial score (nSPS) is 17.2. The molecule has 2 nitrogen and oxygen atoms in total. The van der Waals surface area contributed by atoms with Crippen LogP contribution in [0.25, 0.3) is 0 Å². The molecule has 0 bridgehead atoms. The maximum atomic E-state index is 2.31. The molecule has 0 aromatic carbocycles. The molecule has 0 atom stereocenters. The van der Waals surface area contributed by atoms with E-state index in [0.717, 1.165) is 0 Å². The predicted molar refractivity (Wildman–Crippen MR) is 47.6 cm³/mol. The van der Waals surface area contributed by atoms with E-state index in [1.54, 1.807) is 7.93 Å². The van der Waals surface area contributed by atoms with Gasteiger partial charge in [-0.05, 0) is 0 Å². The Morgan fingerprint density at radius 3 is 1.62 bits per heavy atom. The standard InChI is InChI=1S/2C5H5.2H2O.W/c2*1-2-4-5-3-1;;;/h2*1-3H,4H2;2*1H2;/q;;;;+2/p-2. The molecule has 2 N–H and O–H groups in total. The van der Waals surface area contributed by atoms with E-state index < -0.39 is 0 Å². The first-order valence-electron chi connectivity index (χ1n) is 3.84. The van der Waals surface area contributed by atoms with Crippen LogP contribution in [0.15, 0.2) is 44.4 Å². The summed E-state index contributed by atoms with van der Waals surface area (Å²) in [5.41, 5.74) is 0. The van der Waals surface area contributed by atoms with Crippen LogP contribution in [0.1, 0.15) is 12.8 Å². The van der Waals surface area contributed by atoms with Gasteiger partial charge in [0, 0.05) is 0 Å². The first-order valence-corrected chi connectivity index (χ1v) is 6.78. The summed E-state index contributed by atoms with van der Waals surface area (Å²) in [6, 6.07) is 0. The van der Waals surface area contributed by atoms with E-state index in [9.17, 15) is 0 Å². The molecule has 2 aliphatic carbocycles. The number of allylic oxidation sites excluding steroid dienone is 8. The van der Waals surface area contributed by atoms with Gasteiger partial charge in [-0.1, -0.05) is 0 Å². The number of rotatable bonds is 2. The van der Waals surface area contributed by atoms with Crippen LogP contribution in [0, 0.1) is 0 Å². The molecule has 13 heavy (non-hydrogen) atoms. The molecule has 2 rings (SSSR count). The minimum Gasteiger partial charge on any atom is -0.870 e. The molecule has 0 heterocycles. The Hall–Kier alpha value is -0.432. The monoisotopic (exact) mass is 348 g/mol. The van der Waals surface area contributed by atoms with Crippen molar-refractivity contribution in [3.63, 3.8) is 0 Å². The molecule has 0 aromatic heterocycles. The van der Waals surface area contributed by atoms with Gasteiger partial charge in [0.15, 0.2) is 0 Å². The van der Waals surface area contributed by atoms with Crippen LogP contribution < -0.4 is 0 Å². The number of hydrogen-bond acceptors (Lipinski definition) is 2. The molecule has 0 saturated heterocycles. The molecule has 2 aliphatic rings. The second kappa shape index (κ2) is 6.09. The Balaban J connectivity index is 0.000000720. The van der Waals surface area contributed by atoms with Gasteiger partial charge in [0.05, 0.1) is 0 Å². The molecular formula is C10H12O2W. The zero-order valence-electron chi connectivity index (χ0n) is 7.18. The molecule has 0 amide bonds. The molecule has 0 unspecified atom stereocenters. The predicted octanol–water partition coefficient (Wildman–Crippen LogP) is 2.40. The molecule has 0 saturated carbocycles. The zero-order chi connectivity index (χ0) is 7.52. The van der Waals surface area contributed by atoms with E-state index in [2.05, 4.69) is 36.5 Å². The van der Waals surface area contributed by atoms with Crippen molar-refractivity contribution in [3.05, 3.63) is 44.4 Å². The maximum Gasteiger partial charge on any atom is -0.870 e. The van der Waals surface area contributed by atoms with Crippen LogP contribution in [0.4, 0.5) is 0 Å². The van der Waals surface area contributed by atoms with Gasteiger partial charge in [-0.2, -0.15) is 0 Å². The molecule has 0 radical (unpaired) electrons. The Morgan fingerprint density at radius 1 is 0.846 bits per heavy atom. The van der Waals surface area contributed by atoms with Crippen molar-refractivity contribution in [2.45, 2.75) is 12.8 Å². The second-order valence-electron chi connectivity index (χ2n) is 2.63. The minimum absolute atomic E-state index is 0. The second-order valence-corrected chi connectivity index (χ2v) is 7.13. The summed E-state index contributed by atoms with van der Waals surface area (Å²) in [5.74, 6) is 0. The largest absolute Gasteiger partial charge is 0.870 e. The SMILES string of the molecule is C1=CC[C]([W+2][C]2=CC=CC2)=C1.[OH-].[OH-]. The van der Waals surface area contributed by atoms with Crippen molar-refractivity contribution >= 4 is 0 Å². The summed E-state index contributed by atoms with van der Waals surface area (Å²) >= 11 is -0.282. The smallest absolute Gasteiger partial charge is 0.870 e. The Labute approximate surface area is 86.9 Å². The quantitative estimate of drug-likeness (QED) is 0.770. The van der Waals surface area contributed by atoms with Gasteiger partial charge < -0.3 is 11.0 Å². The van der Waals surface area contributed by atoms with Crippen LogP contribution in [-0.4, -0.2) is 11.0 Å². The summed E-state index contributed by atoms with van der Waals surface area (Å²) in [6.07, 6.45) is 16.0. The third kappa shape index (κ3) is 3.43. The average Bonchev–Trinajstić information content (AvgIpc) is 2.60. The first kappa shape index (κ1) is 12.6. The van der Waals surface area contributed by atoms with Crippen molar-refractivity contribution < 1.29 is 29.5 Å². The van der Waals surface area contributed by atoms with Crippen molar-refractivity contribution in [1.29, 1.82) is 0 Å². The topological polar surface area (TPSA) is 60.0 Å². The molecule has 0 aromatic rings. The van der Waals surface area contributed by atoms with E-state index in [4.69, 9.17) is 0 Å². The van der Waals surface area contributed by atoms with Crippen molar-refractivity contribution in [2.24, 2.45) is 0 Å². The molecule has 0 aliphatic heterocycles. The van der Waals surface area contributed by atoms with Gasteiger partial charge in [0.1, 0.15) is 0 Å². The molecule has 70 valence electrons. The van der Waals surface area contributed by atoms with E-state index >= 15 is 0 Å². The van der Waals surface area contributed by atoms with Gasteiger partial charge in [0.25, 0.3) is 0 Å². The third-order valence-electron chi connectivity index (χ3n) is 1.74. The molecular weight excluding hydrogens is 336 g/mol. The van der Waals surface area contributed by atoms with Crippen molar-refractivity contribution in [1.82, 2.24) is 0 Å². The van der Waals surface area contributed by atoms with Crippen molar-refractivity contribution in [3.8, 4) is 0 Å². The summed E-state index contributed by atoms with van der Waals surface area (Å²) < 4.78 is 3.44. The average molecular weight is 348 g/mol. The summed E-state index contributed by atoms with van der Waals surface area (Å²) in [6.45, 7) is 0. The fourth-order valence-electron chi connectivity index (χ4n) is 1.17. The fraction of sp³-hybridized carbons (Fsp3) is 0.200. The van der Waals surface area contributed by atoms with Gasteiger partial charge >= 0.3 is 75.8 Å².